The average Bonchev–Trinajstić information content (AvgIpc) is 2.55. The lowest BCUT2D eigenvalue weighted by atomic mass is 10.1. The molecular formula is C18H21NO4. The van der Waals surface area contributed by atoms with Gasteiger partial charge in [-0.05, 0) is 25.3 Å². The first kappa shape index (κ1) is 16.8. The monoisotopic (exact) mass is 315 g/mol. The minimum absolute atomic E-state index is 0.0735. The van der Waals surface area contributed by atoms with Crippen LogP contribution >= 0.6 is 0 Å². The van der Waals surface area contributed by atoms with Crippen LogP contribution in [0.1, 0.15) is 20.3 Å². The maximum absolute atomic E-state index is 12.1. The third kappa shape index (κ3) is 4.45. The molecule has 23 heavy (non-hydrogen) atoms. The van der Waals surface area contributed by atoms with E-state index in [0.29, 0.717) is 0 Å². The van der Waals surface area contributed by atoms with Gasteiger partial charge >= 0.3 is 11.9 Å². The lowest BCUT2D eigenvalue weighted by Gasteiger charge is -2.19. The number of fused-ring (bicyclic) bond motifs is 1. The van der Waals surface area contributed by atoms with E-state index in [1.54, 1.807) is 13.8 Å². The van der Waals surface area contributed by atoms with Crippen molar-refractivity contribution in [1.82, 2.24) is 0 Å². The van der Waals surface area contributed by atoms with E-state index in [-0.39, 0.29) is 19.6 Å². The number of anilines is 1. The van der Waals surface area contributed by atoms with E-state index in [1.807, 2.05) is 42.5 Å². The molecule has 2 rings (SSSR count). The molecule has 0 amide bonds. The van der Waals surface area contributed by atoms with Gasteiger partial charge in [-0.25, -0.2) is 4.79 Å². The van der Waals surface area contributed by atoms with E-state index >= 15 is 0 Å². The summed E-state index contributed by atoms with van der Waals surface area (Å²) < 4.78 is 10.00. The van der Waals surface area contributed by atoms with Crippen LogP contribution in [0, 0.1) is 0 Å². The summed E-state index contributed by atoms with van der Waals surface area (Å²) in [6.07, 6.45) is -0.0735. The molecule has 0 heterocycles. The molecule has 5 nitrogen and oxygen atoms in total. The van der Waals surface area contributed by atoms with E-state index in [9.17, 15) is 9.59 Å². The van der Waals surface area contributed by atoms with Crippen molar-refractivity contribution in [2.24, 2.45) is 0 Å². The van der Waals surface area contributed by atoms with Crippen LogP contribution in [-0.2, 0) is 19.1 Å². The molecule has 0 fully saturated rings. The fourth-order valence-electron chi connectivity index (χ4n) is 2.36. The number of carbonyl (C=O) groups excluding carboxylic acids is 2. The zero-order valence-corrected chi connectivity index (χ0v) is 13.4. The normalized spacial score (nSPS) is 11.7. The van der Waals surface area contributed by atoms with E-state index in [0.717, 1.165) is 16.5 Å². The summed E-state index contributed by atoms with van der Waals surface area (Å²) in [6, 6.07) is 12.8. The Morgan fingerprint density at radius 1 is 1.00 bits per heavy atom. The zero-order valence-electron chi connectivity index (χ0n) is 13.4. The number of esters is 2. The Hall–Kier alpha value is -2.56. The molecule has 0 spiro atoms. The van der Waals surface area contributed by atoms with Gasteiger partial charge < -0.3 is 14.8 Å². The molecule has 0 saturated carbocycles. The van der Waals surface area contributed by atoms with Crippen LogP contribution in [-0.4, -0.2) is 31.2 Å². The van der Waals surface area contributed by atoms with Crippen LogP contribution in [0.2, 0.25) is 0 Å². The fraction of sp³-hybridized carbons (Fsp3) is 0.333. The quantitative estimate of drug-likeness (QED) is 0.795. The van der Waals surface area contributed by atoms with Gasteiger partial charge in [0, 0.05) is 11.1 Å². The highest BCUT2D eigenvalue weighted by Crippen LogP contribution is 2.24. The van der Waals surface area contributed by atoms with Crippen molar-refractivity contribution in [3.05, 3.63) is 42.5 Å². The minimum Gasteiger partial charge on any atom is -0.466 e. The molecule has 0 aliphatic carbocycles. The number of benzene rings is 2. The zero-order chi connectivity index (χ0) is 16.7. The number of hydrogen-bond acceptors (Lipinski definition) is 5. The van der Waals surface area contributed by atoms with Crippen LogP contribution in [0.15, 0.2) is 42.5 Å². The van der Waals surface area contributed by atoms with E-state index < -0.39 is 18.0 Å². The van der Waals surface area contributed by atoms with Gasteiger partial charge in [0.15, 0.2) is 0 Å². The summed E-state index contributed by atoms with van der Waals surface area (Å²) >= 11 is 0. The first-order valence-electron chi connectivity index (χ1n) is 7.72. The van der Waals surface area contributed by atoms with E-state index in [2.05, 4.69) is 5.32 Å². The molecular weight excluding hydrogens is 294 g/mol. The number of nitrogens with one attached hydrogen (secondary N) is 1. The predicted molar refractivity (Wildman–Crippen MR) is 89.2 cm³/mol. The third-order valence-corrected chi connectivity index (χ3v) is 3.37. The molecule has 2 aromatic rings. The molecule has 1 unspecified atom stereocenters. The van der Waals surface area contributed by atoms with Crippen molar-refractivity contribution >= 4 is 28.4 Å². The van der Waals surface area contributed by atoms with Crippen LogP contribution in [0.25, 0.3) is 10.8 Å². The average molecular weight is 315 g/mol. The molecule has 1 N–H and O–H groups in total. The Morgan fingerprint density at radius 2 is 1.70 bits per heavy atom. The molecule has 0 aliphatic rings. The lowest BCUT2D eigenvalue weighted by molar-refractivity contribution is -0.150. The predicted octanol–water partition coefficient (Wildman–Crippen LogP) is 3.14. The van der Waals surface area contributed by atoms with Crippen molar-refractivity contribution in [2.45, 2.75) is 26.3 Å². The van der Waals surface area contributed by atoms with Crippen molar-refractivity contribution in [2.75, 3.05) is 18.5 Å². The standard InChI is InChI=1S/C18H21NO4/c1-3-22-17(20)12-16(18(21)23-4-2)19-15-11-7-9-13-8-5-6-10-14(13)15/h5-11,16,19H,3-4,12H2,1-2H3. The molecule has 0 aliphatic heterocycles. The van der Waals surface area contributed by atoms with Gasteiger partial charge in [0.2, 0.25) is 0 Å². The smallest absolute Gasteiger partial charge is 0.329 e. The molecule has 0 saturated heterocycles. The van der Waals surface area contributed by atoms with Gasteiger partial charge in [0.1, 0.15) is 6.04 Å². The van der Waals surface area contributed by atoms with Crippen LogP contribution < -0.4 is 5.32 Å². The van der Waals surface area contributed by atoms with Crippen molar-refractivity contribution < 1.29 is 19.1 Å². The fourth-order valence-corrected chi connectivity index (χ4v) is 2.36. The Balaban J connectivity index is 2.24. The van der Waals surface area contributed by atoms with Crippen LogP contribution in [0.5, 0.6) is 0 Å². The Bertz CT molecular complexity index is 678. The Kier molecular flexibility index (Phi) is 5.97. The molecule has 122 valence electrons. The van der Waals surface area contributed by atoms with Gasteiger partial charge in [0.05, 0.1) is 19.6 Å². The van der Waals surface area contributed by atoms with Gasteiger partial charge in [-0.15, -0.1) is 0 Å². The number of carbonyl (C=O) groups is 2. The van der Waals surface area contributed by atoms with Crippen molar-refractivity contribution in [3.63, 3.8) is 0 Å². The third-order valence-electron chi connectivity index (χ3n) is 3.37. The topological polar surface area (TPSA) is 64.6 Å². The summed E-state index contributed by atoms with van der Waals surface area (Å²) in [7, 11) is 0. The summed E-state index contributed by atoms with van der Waals surface area (Å²) in [4.78, 5) is 23.9. The second-order valence-electron chi connectivity index (χ2n) is 4.98. The first-order valence-corrected chi connectivity index (χ1v) is 7.72. The molecule has 5 heteroatoms. The summed E-state index contributed by atoms with van der Waals surface area (Å²) in [5.41, 5.74) is 0.783. The molecule has 2 aromatic carbocycles. The first-order chi connectivity index (χ1) is 11.2. The minimum atomic E-state index is -0.778. The molecule has 0 radical (unpaired) electrons. The Labute approximate surface area is 135 Å². The number of hydrogen-bond donors (Lipinski definition) is 1. The molecule has 0 bridgehead atoms. The summed E-state index contributed by atoms with van der Waals surface area (Å²) in [5.74, 6) is -0.897. The molecule has 1 atom stereocenters. The largest absolute Gasteiger partial charge is 0.466 e. The maximum atomic E-state index is 12.1. The van der Waals surface area contributed by atoms with Gasteiger partial charge in [-0.1, -0.05) is 36.4 Å². The summed E-state index contributed by atoms with van der Waals surface area (Å²) in [6.45, 7) is 4.00. The number of rotatable bonds is 7. The Morgan fingerprint density at radius 3 is 2.43 bits per heavy atom. The summed E-state index contributed by atoms with van der Waals surface area (Å²) in [5, 5.41) is 5.15. The van der Waals surface area contributed by atoms with E-state index in [1.165, 1.54) is 0 Å². The highest BCUT2D eigenvalue weighted by molar-refractivity contribution is 5.96. The lowest BCUT2D eigenvalue weighted by Crippen LogP contribution is -2.34. The SMILES string of the molecule is CCOC(=O)CC(Nc1cccc2ccccc12)C(=O)OCC. The highest BCUT2D eigenvalue weighted by atomic mass is 16.5. The van der Waals surface area contributed by atoms with E-state index in [4.69, 9.17) is 9.47 Å². The second kappa shape index (κ2) is 8.17. The van der Waals surface area contributed by atoms with Crippen molar-refractivity contribution in [3.8, 4) is 0 Å². The second-order valence-corrected chi connectivity index (χ2v) is 4.98. The number of ether oxygens (including phenoxy) is 2. The van der Waals surface area contributed by atoms with Crippen LogP contribution in [0.4, 0.5) is 5.69 Å². The van der Waals surface area contributed by atoms with Crippen molar-refractivity contribution in [1.29, 1.82) is 0 Å². The highest BCUT2D eigenvalue weighted by Gasteiger charge is 2.24. The van der Waals surface area contributed by atoms with Gasteiger partial charge in [-0.2, -0.15) is 0 Å². The van der Waals surface area contributed by atoms with Gasteiger partial charge in [0.25, 0.3) is 0 Å². The van der Waals surface area contributed by atoms with Gasteiger partial charge in [-0.3, -0.25) is 4.79 Å². The maximum Gasteiger partial charge on any atom is 0.329 e. The van der Waals surface area contributed by atoms with Crippen LogP contribution in [0.3, 0.4) is 0 Å². The molecule has 0 aromatic heterocycles.